The van der Waals surface area contributed by atoms with Gasteiger partial charge in [-0.05, 0) is 24.1 Å². The van der Waals surface area contributed by atoms with Gasteiger partial charge in [-0.3, -0.25) is 4.79 Å². The highest BCUT2D eigenvalue weighted by Crippen LogP contribution is 2.29. The van der Waals surface area contributed by atoms with E-state index >= 15 is 0 Å². The van der Waals surface area contributed by atoms with Gasteiger partial charge in [-0.25, -0.2) is 5.01 Å². The van der Waals surface area contributed by atoms with Crippen molar-refractivity contribution >= 4 is 11.6 Å². The van der Waals surface area contributed by atoms with Crippen molar-refractivity contribution in [1.82, 2.24) is 5.01 Å². The zero-order valence-electron chi connectivity index (χ0n) is 10.5. The molecule has 0 unspecified atom stereocenters. The third-order valence-electron chi connectivity index (χ3n) is 2.97. The fourth-order valence-electron chi connectivity index (χ4n) is 1.86. The second-order valence-corrected chi connectivity index (χ2v) is 4.47. The minimum atomic E-state index is -4.37. The fraction of sp³-hybridized carbons (Fsp3) is 0.385. The van der Waals surface area contributed by atoms with Crippen LogP contribution in [0.25, 0.3) is 0 Å². The van der Waals surface area contributed by atoms with E-state index in [1.807, 2.05) is 0 Å². The van der Waals surface area contributed by atoms with E-state index in [1.54, 1.807) is 0 Å². The molecule has 0 aliphatic carbocycles. The van der Waals surface area contributed by atoms with Gasteiger partial charge in [0.2, 0.25) is 5.91 Å². The number of alkyl halides is 3. The fourth-order valence-corrected chi connectivity index (χ4v) is 1.86. The third kappa shape index (κ3) is 3.36. The van der Waals surface area contributed by atoms with Crippen molar-refractivity contribution in [2.45, 2.75) is 25.6 Å². The molecule has 20 heavy (non-hydrogen) atoms. The summed E-state index contributed by atoms with van der Waals surface area (Å²) >= 11 is 0. The molecule has 2 rings (SSSR count). The Morgan fingerprint density at radius 3 is 2.40 bits per heavy atom. The maximum Gasteiger partial charge on any atom is 0.416 e. The van der Waals surface area contributed by atoms with E-state index in [-0.39, 0.29) is 25.5 Å². The lowest BCUT2D eigenvalue weighted by Crippen LogP contribution is -2.32. The van der Waals surface area contributed by atoms with Crippen molar-refractivity contribution in [3.8, 4) is 0 Å². The van der Waals surface area contributed by atoms with Gasteiger partial charge in [0.05, 0.1) is 24.4 Å². The monoisotopic (exact) mass is 286 g/mol. The number of halogens is 3. The first-order chi connectivity index (χ1) is 9.40. The number of carbonyl (C=O) groups excluding carboxylic acids is 1. The van der Waals surface area contributed by atoms with E-state index in [1.165, 1.54) is 17.1 Å². The van der Waals surface area contributed by atoms with Crippen molar-refractivity contribution < 1.29 is 23.1 Å². The minimum Gasteiger partial charge on any atom is -0.390 e. The minimum absolute atomic E-state index is 0.0977. The normalized spacial score (nSPS) is 16.3. The number of benzene rings is 1. The van der Waals surface area contributed by atoms with Crippen LogP contribution in [-0.4, -0.2) is 28.3 Å². The van der Waals surface area contributed by atoms with Crippen LogP contribution in [0.4, 0.5) is 13.2 Å². The summed E-state index contributed by atoms with van der Waals surface area (Å²) in [5.74, 6) is -0.206. The molecule has 0 atom stereocenters. The van der Waals surface area contributed by atoms with Gasteiger partial charge in [0.15, 0.2) is 0 Å². The number of hydrazone groups is 1. The Bertz CT molecular complexity index is 523. The highest BCUT2D eigenvalue weighted by molar-refractivity contribution is 5.93. The SMILES string of the molecule is O=C1CCC(CO)=NN1Cc1ccc(C(F)(F)F)cc1. The number of aliphatic hydroxyl groups is 1. The Kier molecular flexibility index (Phi) is 4.08. The molecule has 0 bridgehead atoms. The lowest BCUT2D eigenvalue weighted by molar-refractivity contribution is -0.137. The highest BCUT2D eigenvalue weighted by atomic mass is 19.4. The average Bonchev–Trinajstić information content (AvgIpc) is 2.41. The van der Waals surface area contributed by atoms with Gasteiger partial charge in [0.25, 0.3) is 0 Å². The van der Waals surface area contributed by atoms with Gasteiger partial charge in [-0.2, -0.15) is 18.3 Å². The molecule has 1 aromatic carbocycles. The van der Waals surface area contributed by atoms with Gasteiger partial charge >= 0.3 is 6.18 Å². The molecule has 1 amide bonds. The zero-order valence-corrected chi connectivity index (χ0v) is 10.5. The van der Waals surface area contributed by atoms with Crippen LogP contribution >= 0.6 is 0 Å². The summed E-state index contributed by atoms with van der Waals surface area (Å²) in [6.45, 7) is -0.128. The lowest BCUT2D eigenvalue weighted by Gasteiger charge is -2.23. The second-order valence-electron chi connectivity index (χ2n) is 4.47. The molecular weight excluding hydrogens is 273 g/mol. The lowest BCUT2D eigenvalue weighted by atomic mass is 10.1. The number of amides is 1. The number of rotatable bonds is 3. The summed E-state index contributed by atoms with van der Waals surface area (Å²) in [6, 6.07) is 4.58. The Balaban J connectivity index is 2.11. The molecule has 0 radical (unpaired) electrons. The average molecular weight is 286 g/mol. The molecule has 0 aromatic heterocycles. The smallest absolute Gasteiger partial charge is 0.390 e. The van der Waals surface area contributed by atoms with Gasteiger partial charge < -0.3 is 5.11 Å². The summed E-state index contributed by atoms with van der Waals surface area (Å²) in [5, 5.41) is 14.1. The van der Waals surface area contributed by atoms with Crippen molar-refractivity contribution in [2.75, 3.05) is 6.61 Å². The first-order valence-corrected chi connectivity index (χ1v) is 6.04. The number of nitrogens with zero attached hydrogens (tertiary/aromatic N) is 2. The number of hydrogen-bond donors (Lipinski definition) is 1. The molecule has 108 valence electrons. The molecule has 4 nitrogen and oxygen atoms in total. The van der Waals surface area contributed by atoms with Crippen LogP contribution in [-0.2, 0) is 17.5 Å². The van der Waals surface area contributed by atoms with E-state index in [4.69, 9.17) is 5.11 Å². The summed E-state index contributed by atoms with van der Waals surface area (Å²) in [6.07, 6.45) is -3.71. The first kappa shape index (κ1) is 14.5. The highest BCUT2D eigenvalue weighted by Gasteiger charge is 2.30. The van der Waals surface area contributed by atoms with Crippen molar-refractivity contribution in [3.05, 3.63) is 35.4 Å². The molecule has 1 aliphatic rings. The topological polar surface area (TPSA) is 52.9 Å². The molecule has 1 aromatic rings. The molecule has 0 spiro atoms. The first-order valence-electron chi connectivity index (χ1n) is 6.04. The van der Waals surface area contributed by atoms with E-state index in [2.05, 4.69) is 5.10 Å². The Morgan fingerprint density at radius 2 is 1.85 bits per heavy atom. The number of carbonyl (C=O) groups is 1. The van der Waals surface area contributed by atoms with Crippen LogP contribution in [0.2, 0.25) is 0 Å². The van der Waals surface area contributed by atoms with Gasteiger partial charge in [0, 0.05) is 6.42 Å². The van der Waals surface area contributed by atoms with Crippen LogP contribution in [0.3, 0.4) is 0 Å². The van der Waals surface area contributed by atoms with Gasteiger partial charge in [-0.15, -0.1) is 0 Å². The molecule has 0 fully saturated rings. The Labute approximate surface area is 113 Å². The molecular formula is C13H13F3N2O2. The standard InChI is InChI=1S/C13H13F3N2O2/c14-13(15,16)10-3-1-9(2-4-10)7-18-12(20)6-5-11(8-19)17-18/h1-4,19H,5-8H2. The maximum atomic E-state index is 12.4. The van der Waals surface area contributed by atoms with E-state index in [0.29, 0.717) is 17.7 Å². The second kappa shape index (κ2) is 5.62. The zero-order chi connectivity index (χ0) is 14.8. The predicted octanol–water partition coefficient (Wildman–Crippen LogP) is 2.18. The summed E-state index contributed by atoms with van der Waals surface area (Å²) in [7, 11) is 0. The molecule has 1 aliphatic heterocycles. The number of hydrogen-bond acceptors (Lipinski definition) is 3. The summed E-state index contributed by atoms with van der Waals surface area (Å²) in [4.78, 5) is 11.6. The van der Waals surface area contributed by atoms with Crippen molar-refractivity contribution in [1.29, 1.82) is 0 Å². The Hall–Kier alpha value is -1.89. The maximum absolute atomic E-state index is 12.4. The van der Waals surface area contributed by atoms with Crippen LogP contribution in [0.15, 0.2) is 29.4 Å². The Morgan fingerprint density at radius 1 is 1.20 bits per heavy atom. The van der Waals surface area contributed by atoms with E-state index in [9.17, 15) is 18.0 Å². The largest absolute Gasteiger partial charge is 0.416 e. The molecule has 0 saturated heterocycles. The van der Waals surface area contributed by atoms with E-state index in [0.717, 1.165) is 12.1 Å². The molecule has 1 heterocycles. The van der Waals surface area contributed by atoms with Crippen LogP contribution in [0, 0.1) is 0 Å². The molecule has 1 N–H and O–H groups in total. The van der Waals surface area contributed by atoms with Gasteiger partial charge in [0.1, 0.15) is 0 Å². The predicted molar refractivity (Wildman–Crippen MR) is 65.7 cm³/mol. The van der Waals surface area contributed by atoms with E-state index < -0.39 is 11.7 Å². The van der Waals surface area contributed by atoms with Crippen LogP contribution < -0.4 is 0 Å². The molecule has 0 saturated carbocycles. The molecule has 7 heteroatoms. The summed E-state index contributed by atoms with van der Waals surface area (Å²) in [5.41, 5.74) is 0.316. The van der Waals surface area contributed by atoms with Crippen LogP contribution in [0.1, 0.15) is 24.0 Å². The van der Waals surface area contributed by atoms with Crippen molar-refractivity contribution in [3.63, 3.8) is 0 Å². The third-order valence-corrected chi connectivity index (χ3v) is 2.97. The van der Waals surface area contributed by atoms with Gasteiger partial charge in [-0.1, -0.05) is 12.1 Å². The summed E-state index contributed by atoms with van der Waals surface area (Å²) < 4.78 is 37.3. The number of aliphatic hydroxyl groups excluding tert-OH is 1. The van der Waals surface area contributed by atoms with Crippen LogP contribution in [0.5, 0.6) is 0 Å². The quantitative estimate of drug-likeness (QED) is 0.926. The van der Waals surface area contributed by atoms with Crippen molar-refractivity contribution in [2.24, 2.45) is 5.10 Å².